The van der Waals surface area contributed by atoms with Crippen molar-refractivity contribution in [2.75, 3.05) is 13.7 Å². The highest BCUT2D eigenvalue weighted by Crippen LogP contribution is 2.30. The third-order valence-corrected chi connectivity index (χ3v) is 6.31. The maximum Gasteiger partial charge on any atom is 0.354 e. The molecule has 3 rings (SSSR count). The van der Waals surface area contributed by atoms with Crippen molar-refractivity contribution in [3.05, 3.63) is 22.7 Å². The van der Waals surface area contributed by atoms with Crippen LogP contribution < -0.4 is 0 Å². The molecule has 1 atom stereocenters. The third-order valence-electron chi connectivity index (χ3n) is 5.10. The number of amides is 1. The Hall–Kier alpha value is -1.82. The van der Waals surface area contributed by atoms with E-state index in [0.29, 0.717) is 11.7 Å². The summed E-state index contributed by atoms with van der Waals surface area (Å²) in [4.78, 5) is 28.4. The molecule has 0 saturated carbocycles. The lowest BCUT2D eigenvalue weighted by Gasteiger charge is -2.35. The molecule has 1 aliphatic heterocycles. The van der Waals surface area contributed by atoms with Crippen LogP contribution in [-0.4, -0.2) is 41.0 Å². The monoisotopic (exact) mass is 362 g/mol. The molecule has 2 aromatic rings. The van der Waals surface area contributed by atoms with Gasteiger partial charge in [-0.3, -0.25) is 4.79 Å². The predicted molar refractivity (Wildman–Crippen MR) is 100 cm³/mol. The van der Waals surface area contributed by atoms with Crippen molar-refractivity contribution in [3.8, 4) is 0 Å². The summed E-state index contributed by atoms with van der Waals surface area (Å²) < 4.78 is 7.79. The van der Waals surface area contributed by atoms with E-state index >= 15 is 0 Å². The number of aryl methyl sites for hydroxylation is 1. The molecule has 0 bridgehead atoms. The Labute approximate surface area is 152 Å². The minimum Gasteiger partial charge on any atom is -0.464 e. The van der Waals surface area contributed by atoms with E-state index in [-0.39, 0.29) is 18.4 Å². The van der Waals surface area contributed by atoms with Gasteiger partial charge in [0.2, 0.25) is 5.91 Å². The average molecular weight is 362 g/mol. The first-order valence-corrected chi connectivity index (χ1v) is 9.90. The Morgan fingerprint density at radius 2 is 2.08 bits per heavy atom. The number of methoxy groups -OCH3 is 1. The highest BCUT2D eigenvalue weighted by atomic mass is 32.1. The van der Waals surface area contributed by atoms with Crippen molar-refractivity contribution < 1.29 is 14.3 Å². The van der Waals surface area contributed by atoms with Gasteiger partial charge in [-0.15, -0.1) is 11.3 Å². The van der Waals surface area contributed by atoms with E-state index in [1.807, 2.05) is 15.5 Å². The number of fused-ring (bicyclic) bond motifs is 1. The van der Waals surface area contributed by atoms with E-state index in [4.69, 9.17) is 4.74 Å². The first-order chi connectivity index (χ1) is 12.1. The van der Waals surface area contributed by atoms with Crippen LogP contribution in [0.3, 0.4) is 0 Å². The van der Waals surface area contributed by atoms with Gasteiger partial charge in [0.05, 0.1) is 17.3 Å². The Morgan fingerprint density at radius 3 is 2.76 bits per heavy atom. The molecule has 6 heteroatoms. The summed E-state index contributed by atoms with van der Waals surface area (Å²) in [6.45, 7) is 5.26. The second-order valence-corrected chi connectivity index (χ2v) is 7.74. The highest BCUT2D eigenvalue weighted by Gasteiger charge is 2.27. The third kappa shape index (κ3) is 3.45. The molecule has 1 fully saturated rings. The Kier molecular flexibility index (Phi) is 5.47. The number of piperidine rings is 1. The van der Waals surface area contributed by atoms with Crippen molar-refractivity contribution >= 4 is 33.4 Å². The van der Waals surface area contributed by atoms with Crippen LogP contribution in [0.4, 0.5) is 0 Å². The number of ether oxygens (including phenoxy) is 1. The minimum absolute atomic E-state index is 0.0958. The molecule has 0 aromatic carbocycles. The summed E-state index contributed by atoms with van der Waals surface area (Å²) in [7, 11) is 1.38. The Bertz CT molecular complexity index is 777. The molecule has 1 amide bonds. The minimum atomic E-state index is -0.389. The number of carbonyl (C=O) groups is 2. The number of carbonyl (C=O) groups excluding carboxylic acids is 2. The fourth-order valence-corrected chi connectivity index (χ4v) is 4.73. The zero-order valence-corrected chi connectivity index (χ0v) is 16.0. The normalized spacial score (nSPS) is 17.9. The molecule has 1 unspecified atom stereocenters. The van der Waals surface area contributed by atoms with E-state index in [1.165, 1.54) is 18.4 Å². The summed E-state index contributed by atoms with van der Waals surface area (Å²) >= 11 is 1.67. The van der Waals surface area contributed by atoms with Crippen molar-refractivity contribution in [1.29, 1.82) is 0 Å². The lowest BCUT2D eigenvalue weighted by Crippen LogP contribution is -2.45. The number of hydrogen-bond donors (Lipinski definition) is 0. The van der Waals surface area contributed by atoms with E-state index in [2.05, 4.69) is 19.9 Å². The van der Waals surface area contributed by atoms with Gasteiger partial charge in [-0.2, -0.15) is 0 Å². The van der Waals surface area contributed by atoms with Crippen LogP contribution >= 0.6 is 11.3 Å². The summed E-state index contributed by atoms with van der Waals surface area (Å²) in [6, 6.07) is 4.27. The quantitative estimate of drug-likeness (QED) is 0.759. The van der Waals surface area contributed by atoms with Crippen LogP contribution in [0.1, 0.15) is 54.9 Å². The van der Waals surface area contributed by atoms with Gasteiger partial charge in [-0.05, 0) is 44.2 Å². The number of hydrogen-bond acceptors (Lipinski definition) is 4. The molecule has 0 N–H and O–H groups in total. The lowest BCUT2D eigenvalue weighted by atomic mass is 10.00. The second kappa shape index (κ2) is 7.60. The molecular formula is C19H26N2O3S. The number of rotatable bonds is 5. The van der Waals surface area contributed by atoms with Gasteiger partial charge in [-0.1, -0.05) is 13.8 Å². The number of thiophene rings is 1. The largest absolute Gasteiger partial charge is 0.464 e. The molecule has 2 aromatic heterocycles. The van der Waals surface area contributed by atoms with Gasteiger partial charge >= 0.3 is 5.97 Å². The molecule has 5 nitrogen and oxygen atoms in total. The topological polar surface area (TPSA) is 51.5 Å². The van der Waals surface area contributed by atoms with Crippen LogP contribution in [0.5, 0.6) is 0 Å². The van der Waals surface area contributed by atoms with E-state index in [1.54, 1.807) is 11.3 Å². The van der Waals surface area contributed by atoms with Gasteiger partial charge in [0, 0.05) is 17.5 Å². The molecule has 0 aliphatic carbocycles. The van der Waals surface area contributed by atoms with Crippen molar-refractivity contribution in [1.82, 2.24) is 9.47 Å². The number of likely N-dealkylation sites (tertiary alicyclic amines) is 1. The van der Waals surface area contributed by atoms with E-state index < -0.39 is 0 Å². The van der Waals surface area contributed by atoms with Gasteiger partial charge in [-0.25, -0.2) is 4.79 Å². The molecule has 136 valence electrons. The van der Waals surface area contributed by atoms with Gasteiger partial charge in [0.1, 0.15) is 12.2 Å². The molecule has 0 radical (unpaired) electrons. The second-order valence-electron chi connectivity index (χ2n) is 6.57. The smallest absolute Gasteiger partial charge is 0.354 e. The highest BCUT2D eigenvalue weighted by molar-refractivity contribution is 7.19. The summed E-state index contributed by atoms with van der Waals surface area (Å²) in [5.41, 5.74) is 1.42. The van der Waals surface area contributed by atoms with Gasteiger partial charge < -0.3 is 14.2 Å². The summed E-state index contributed by atoms with van der Waals surface area (Å²) in [5.74, 6) is -0.293. The summed E-state index contributed by atoms with van der Waals surface area (Å²) in [6.07, 6.45) is 5.26. The zero-order chi connectivity index (χ0) is 18.0. The average Bonchev–Trinajstić information content (AvgIpc) is 3.19. The van der Waals surface area contributed by atoms with Crippen LogP contribution in [-0.2, 0) is 22.5 Å². The number of aromatic nitrogens is 1. The van der Waals surface area contributed by atoms with Crippen LogP contribution in [0, 0.1) is 0 Å². The Balaban J connectivity index is 1.93. The molecule has 0 spiro atoms. The molecule has 25 heavy (non-hydrogen) atoms. The van der Waals surface area contributed by atoms with Crippen LogP contribution in [0.25, 0.3) is 10.2 Å². The fraction of sp³-hybridized carbons (Fsp3) is 0.579. The van der Waals surface area contributed by atoms with E-state index in [9.17, 15) is 9.59 Å². The molecular weight excluding hydrogens is 336 g/mol. The SMILES string of the molecule is CCc1cc2c(cc(C(=O)OC)n2CC(=O)N2CCCCC2CC)s1. The molecule has 3 heterocycles. The molecule has 1 aliphatic rings. The van der Waals surface area contributed by atoms with Crippen LogP contribution in [0.15, 0.2) is 12.1 Å². The maximum atomic E-state index is 13.0. The molecule has 1 saturated heterocycles. The van der Waals surface area contributed by atoms with Crippen LogP contribution in [0.2, 0.25) is 0 Å². The Morgan fingerprint density at radius 1 is 1.28 bits per heavy atom. The standard InChI is InChI=1S/C19H26N2O3S/c1-4-13-8-6-7-9-20(13)18(22)12-21-15-10-14(5-2)25-17(15)11-16(21)19(23)24-3/h10-11,13H,4-9,12H2,1-3H3. The fourth-order valence-electron chi connectivity index (χ4n) is 3.69. The first-order valence-electron chi connectivity index (χ1n) is 9.08. The number of esters is 1. The van der Waals surface area contributed by atoms with Gasteiger partial charge in [0.25, 0.3) is 0 Å². The lowest BCUT2D eigenvalue weighted by molar-refractivity contribution is -0.135. The van der Waals surface area contributed by atoms with Crippen molar-refractivity contribution in [2.24, 2.45) is 0 Å². The van der Waals surface area contributed by atoms with E-state index in [0.717, 1.165) is 42.4 Å². The predicted octanol–water partition coefficient (Wildman–Crippen LogP) is 3.84. The van der Waals surface area contributed by atoms with Crippen molar-refractivity contribution in [3.63, 3.8) is 0 Å². The van der Waals surface area contributed by atoms with Crippen molar-refractivity contribution in [2.45, 2.75) is 58.5 Å². The zero-order valence-electron chi connectivity index (χ0n) is 15.2. The first kappa shape index (κ1) is 18.0. The summed E-state index contributed by atoms with van der Waals surface area (Å²) in [5, 5.41) is 0. The van der Waals surface area contributed by atoms with Gasteiger partial charge in [0.15, 0.2) is 0 Å². The number of nitrogens with zero attached hydrogens (tertiary/aromatic N) is 2. The maximum absolute atomic E-state index is 13.0.